The number of carbonyl (C=O) groups excluding carboxylic acids is 1. The van der Waals surface area contributed by atoms with Crippen LogP contribution in [-0.2, 0) is 11.2 Å². The number of benzene rings is 2. The van der Waals surface area contributed by atoms with Gasteiger partial charge in [0.15, 0.2) is 0 Å². The second kappa shape index (κ2) is 8.27. The maximum Gasteiger partial charge on any atom is 0.224 e. The molecule has 4 aromatic rings. The molecule has 0 unspecified atom stereocenters. The first kappa shape index (κ1) is 18.9. The Kier molecular flexibility index (Phi) is 5.38. The maximum absolute atomic E-state index is 13.9. The topological polar surface area (TPSA) is 57.8 Å². The van der Waals surface area contributed by atoms with Crippen LogP contribution in [-0.4, -0.2) is 15.9 Å². The molecule has 0 aliphatic carbocycles. The van der Waals surface area contributed by atoms with Gasteiger partial charge >= 0.3 is 0 Å². The van der Waals surface area contributed by atoms with Crippen LogP contribution in [0.5, 0.6) is 0 Å². The van der Waals surface area contributed by atoms with Crippen LogP contribution in [0.15, 0.2) is 66.9 Å². The van der Waals surface area contributed by atoms with Gasteiger partial charge in [0.25, 0.3) is 0 Å². The van der Waals surface area contributed by atoms with Crippen LogP contribution < -0.4 is 5.32 Å². The van der Waals surface area contributed by atoms with Gasteiger partial charge in [-0.2, -0.15) is 0 Å². The summed E-state index contributed by atoms with van der Waals surface area (Å²) in [6.45, 7) is 1.97. The van der Waals surface area contributed by atoms with Gasteiger partial charge in [0.2, 0.25) is 5.91 Å². The molecule has 5 heteroatoms. The summed E-state index contributed by atoms with van der Waals surface area (Å²) in [7, 11) is 0. The van der Waals surface area contributed by atoms with Crippen molar-refractivity contribution in [3.8, 4) is 11.4 Å². The summed E-state index contributed by atoms with van der Waals surface area (Å²) < 4.78 is 13.9. The lowest BCUT2D eigenvalue weighted by Gasteiger charge is -2.08. The molecule has 4 rings (SSSR count). The van der Waals surface area contributed by atoms with Crippen LogP contribution in [0.4, 0.5) is 10.1 Å². The largest absolute Gasteiger partial charge is 0.353 e. The molecule has 0 atom stereocenters. The van der Waals surface area contributed by atoms with Crippen molar-refractivity contribution in [1.82, 2.24) is 9.97 Å². The van der Waals surface area contributed by atoms with E-state index >= 15 is 0 Å². The van der Waals surface area contributed by atoms with Gasteiger partial charge in [-0.15, -0.1) is 0 Å². The molecule has 1 amide bonds. The van der Waals surface area contributed by atoms with Crippen molar-refractivity contribution < 1.29 is 9.18 Å². The Hall–Kier alpha value is -3.47. The number of aromatic nitrogens is 2. The van der Waals surface area contributed by atoms with E-state index in [9.17, 15) is 9.18 Å². The van der Waals surface area contributed by atoms with Gasteiger partial charge in [-0.3, -0.25) is 9.78 Å². The first-order valence-corrected chi connectivity index (χ1v) is 9.69. The molecule has 2 heterocycles. The molecule has 0 aliphatic rings. The van der Waals surface area contributed by atoms with Gasteiger partial charge in [0, 0.05) is 29.2 Å². The maximum atomic E-state index is 13.9. The van der Waals surface area contributed by atoms with Crippen molar-refractivity contribution in [2.75, 3.05) is 5.32 Å². The minimum absolute atomic E-state index is 0.0234. The number of H-pyrrole nitrogens is 1. The van der Waals surface area contributed by atoms with Gasteiger partial charge in [-0.05, 0) is 67.3 Å². The molecule has 2 aromatic heterocycles. The highest BCUT2D eigenvalue weighted by Gasteiger charge is 2.15. The molecule has 0 radical (unpaired) electrons. The first-order chi connectivity index (χ1) is 14.1. The molecule has 0 saturated carbocycles. The van der Waals surface area contributed by atoms with E-state index in [0.29, 0.717) is 19.3 Å². The van der Waals surface area contributed by atoms with E-state index < -0.39 is 0 Å². The summed E-state index contributed by atoms with van der Waals surface area (Å²) in [5, 5.41) is 3.80. The predicted molar refractivity (Wildman–Crippen MR) is 114 cm³/mol. The summed E-state index contributed by atoms with van der Waals surface area (Å²) in [6.07, 6.45) is 3.43. The molecular formula is C24H22FN3O. The zero-order valence-corrected chi connectivity index (χ0v) is 16.2. The molecule has 0 fully saturated rings. The number of nitrogens with one attached hydrogen (secondary N) is 2. The number of aromatic amines is 1. The number of anilines is 1. The smallest absolute Gasteiger partial charge is 0.224 e. The number of aryl methyl sites for hydroxylation is 2. The third-order valence-corrected chi connectivity index (χ3v) is 5.04. The van der Waals surface area contributed by atoms with E-state index in [1.165, 1.54) is 6.07 Å². The molecule has 0 aliphatic heterocycles. The van der Waals surface area contributed by atoms with Gasteiger partial charge in [-0.1, -0.05) is 24.3 Å². The molecule has 0 spiro atoms. The Morgan fingerprint density at radius 2 is 1.93 bits per heavy atom. The highest BCUT2D eigenvalue weighted by atomic mass is 19.1. The number of rotatable bonds is 6. The van der Waals surface area contributed by atoms with Crippen molar-refractivity contribution in [2.45, 2.75) is 26.2 Å². The third kappa shape index (κ3) is 4.19. The number of amides is 1. The van der Waals surface area contributed by atoms with Gasteiger partial charge in [0.05, 0.1) is 11.4 Å². The van der Waals surface area contributed by atoms with Crippen LogP contribution in [0.2, 0.25) is 0 Å². The lowest BCUT2D eigenvalue weighted by atomic mass is 10.0. The molecule has 146 valence electrons. The van der Waals surface area contributed by atoms with E-state index in [1.807, 2.05) is 49.4 Å². The fourth-order valence-electron chi connectivity index (χ4n) is 3.56. The van der Waals surface area contributed by atoms with E-state index in [0.717, 1.165) is 39.1 Å². The van der Waals surface area contributed by atoms with Crippen molar-refractivity contribution in [2.24, 2.45) is 0 Å². The first-order valence-electron chi connectivity index (χ1n) is 9.69. The summed E-state index contributed by atoms with van der Waals surface area (Å²) >= 11 is 0. The van der Waals surface area contributed by atoms with Crippen LogP contribution in [0.1, 0.15) is 24.0 Å². The number of halogens is 1. The number of hydrogen-bond donors (Lipinski definition) is 2. The monoisotopic (exact) mass is 387 g/mol. The summed E-state index contributed by atoms with van der Waals surface area (Å²) in [5.41, 5.74) is 5.41. The van der Waals surface area contributed by atoms with E-state index in [-0.39, 0.29) is 11.7 Å². The predicted octanol–water partition coefficient (Wildman–Crippen LogP) is 5.64. The van der Waals surface area contributed by atoms with E-state index in [4.69, 9.17) is 0 Å². The van der Waals surface area contributed by atoms with Crippen LogP contribution in [0.3, 0.4) is 0 Å². The minimum Gasteiger partial charge on any atom is -0.353 e. The van der Waals surface area contributed by atoms with Crippen molar-refractivity contribution >= 4 is 22.5 Å². The Balaban J connectivity index is 1.53. The molecule has 0 bridgehead atoms. The standard InChI is InChI=1S/C24H22FN3O/c1-16-7-2-3-9-20(16)27-23(29)11-6-8-18-19-15-17(25)12-13-21(19)28-24(18)22-10-4-5-14-26-22/h2-5,7,9-10,12-15,28H,6,8,11H2,1H3,(H,27,29). The van der Waals surface area contributed by atoms with Crippen molar-refractivity contribution in [1.29, 1.82) is 0 Å². The second-order valence-electron chi connectivity index (χ2n) is 7.10. The average Bonchev–Trinajstić information content (AvgIpc) is 3.08. The Bertz CT molecular complexity index is 1150. The lowest BCUT2D eigenvalue weighted by molar-refractivity contribution is -0.116. The van der Waals surface area contributed by atoms with Crippen molar-refractivity contribution in [3.05, 3.63) is 83.8 Å². The normalized spacial score (nSPS) is 11.0. The van der Waals surface area contributed by atoms with Crippen LogP contribution in [0.25, 0.3) is 22.3 Å². The molecule has 4 nitrogen and oxygen atoms in total. The zero-order chi connectivity index (χ0) is 20.2. The number of para-hydroxylation sites is 1. The lowest BCUT2D eigenvalue weighted by Crippen LogP contribution is -2.12. The minimum atomic E-state index is -0.275. The highest BCUT2D eigenvalue weighted by molar-refractivity contribution is 5.92. The molecule has 2 N–H and O–H groups in total. The second-order valence-corrected chi connectivity index (χ2v) is 7.10. The number of hydrogen-bond acceptors (Lipinski definition) is 2. The highest BCUT2D eigenvalue weighted by Crippen LogP contribution is 2.31. The number of fused-ring (bicyclic) bond motifs is 1. The molecule has 0 saturated heterocycles. The Morgan fingerprint density at radius 1 is 1.10 bits per heavy atom. The number of pyridine rings is 1. The van der Waals surface area contributed by atoms with Crippen molar-refractivity contribution in [3.63, 3.8) is 0 Å². The fourth-order valence-corrected chi connectivity index (χ4v) is 3.56. The Labute approximate surface area is 168 Å². The summed E-state index contributed by atoms with van der Waals surface area (Å²) in [5.74, 6) is -0.299. The van der Waals surface area contributed by atoms with Gasteiger partial charge in [0.1, 0.15) is 5.82 Å². The quantitative estimate of drug-likeness (QED) is 0.450. The third-order valence-electron chi connectivity index (χ3n) is 5.04. The summed E-state index contributed by atoms with van der Waals surface area (Å²) in [4.78, 5) is 20.2. The number of carbonyl (C=O) groups is 1. The molecular weight excluding hydrogens is 365 g/mol. The van der Waals surface area contributed by atoms with Gasteiger partial charge in [-0.25, -0.2) is 4.39 Å². The zero-order valence-electron chi connectivity index (χ0n) is 16.2. The number of nitrogens with zero attached hydrogens (tertiary/aromatic N) is 1. The Morgan fingerprint density at radius 3 is 2.72 bits per heavy atom. The van der Waals surface area contributed by atoms with E-state index in [2.05, 4.69) is 15.3 Å². The molecule has 29 heavy (non-hydrogen) atoms. The molecule has 2 aromatic carbocycles. The van der Waals surface area contributed by atoms with Gasteiger partial charge < -0.3 is 10.3 Å². The average molecular weight is 387 g/mol. The summed E-state index contributed by atoms with van der Waals surface area (Å²) in [6, 6.07) is 18.2. The van der Waals surface area contributed by atoms with Crippen LogP contribution in [0, 0.1) is 12.7 Å². The fraction of sp³-hybridized carbons (Fsp3) is 0.167. The SMILES string of the molecule is Cc1ccccc1NC(=O)CCCc1c(-c2ccccn2)[nH]c2ccc(F)cc12. The van der Waals surface area contributed by atoms with Crippen LogP contribution >= 0.6 is 0 Å². The van der Waals surface area contributed by atoms with E-state index in [1.54, 1.807) is 18.3 Å².